The number of aromatic nitrogens is 2. The van der Waals surface area contributed by atoms with Crippen LogP contribution in [0.25, 0.3) is 11.5 Å². The van der Waals surface area contributed by atoms with Crippen molar-refractivity contribution >= 4 is 45.9 Å². The van der Waals surface area contributed by atoms with Crippen LogP contribution in [0.15, 0.2) is 27.8 Å². The molecule has 0 atom stereocenters. The number of ether oxygens (including phenoxy) is 1. The summed E-state index contributed by atoms with van der Waals surface area (Å²) >= 11 is 1.99. The molecular formula is C21H22N4O5S2. The third kappa shape index (κ3) is 5.17. The second-order valence-electron chi connectivity index (χ2n) is 6.85. The maximum absolute atomic E-state index is 12.5. The molecule has 0 spiro atoms. The van der Waals surface area contributed by atoms with Crippen LogP contribution < -0.4 is 11.1 Å². The average Bonchev–Trinajstić information content (AvgIpc) is 3.33. The first-order valence-corrected chi connectivity index (χ1v) is 11.5. The normalized spacial score (nSPS) is 10.8. The molecular weight excluding hydrogens is 452 g/mol. The van der Waals surface area contributed by atoms with Crippen molar-refractivity contribution in [1.82, 2.24) is 10.2 Å². The largest absolute Gasteiger partial charge is 0.462 e. The Hall–Kier alpha value is -3.18. The van der Waals surface area contributed by atoms with Crippen LogP contribution in [0.3, 0.4) is 0 Å². The number of rotatable bonds is 8. The lowest BCUT2D eigenvalue weighted by Crippen LogP contribution is -2.16. The van der Waals surface area contributed by atoms with Crippen LogP contribution in [0, 0.1) is 20.8 Å². The molecule has 0 fully saturated rings. The third-order valence-corrected chi connectivity index (χ3v) is 6.63. The molecule has 0 saturated heterocycles. The number of aryl methyl sites for hydroxylation is 2. The van der Waals surface area contributed by atoms with Crippen molar-refractivity contribution in [3.8, 4) is 11.5 Å². The van der Waals surface area contributed by atoms with Crippen LogP contribution in [-0.2, 0) is 9.53 Å². The van der Waals surface area contributed by atoms with E-state index < -0.39 is 17.8 Å². The Balaban J connectivity index is 1.70. The summed E-state index contributed by atoms with van der Waals surface area (Å²) in [5.41, 5.74) is 8.93. The predicted molar refractivity (Wildman–Crippen MR) is 122 cm³/mol. The maximum atomic E-state index is 12.5. The van der Waals surface area contributed by atoms with E-state index in [2.05, 4.69) is 15.5 Å². The molecule has 11 heteroatoms. The molecule has 0 aliphatic heterocycles. The highest BCUT2D eigenvalue weighted by Gasteiger charge is 2.25. The number of amides is 2. The Kier molecular flexibility index (Phi) is 7.31. The second-order valence-corrected chi connectivity index (χ2v) is 8.80. The highest BCUT2D eigenvalue weighted by molar-refractivity contribution is 7.99. The molecule has 0 radical (unpaired) electrons. The number of carbonyl (C=O) groups excluding carboxylic acids is 3. The number of esters is 1. The number of nitrogens with zero attached hydrogens (tertiary/aromatic N) is 2. The summed E-state index contributed by atoms with van der Waals surface area (Å²) < 4.78 is 10.7. The number of hydrogen-bond donors (Lipinski definition) is 2. The van der Waals surface area contributed by atoms with E-state index in [0.29, 0.717) is 11.5 Å². The Labute approximate surface area is 192 Å². The van der Waals surface area contributed by atoms with E-state index >= 15 is 0 Å². The SMILES string of the molecule is CCOC(=O)c1c(NC(=O)CSc2nnc(-c3ccc(C)c(C)c3)o2)sc(C(N)=O)c1C. The van der Waals surface area contributed by atoms with Crippen LogP contribution in [0.1, 0.15) is 43.6 Å². The number of carbonyl (C=O) groups is 3. The second kappa shape index (κ2) is 9.96. The van der Waals surface area contributed by atoms with Gasteiger partial charge in [0.25, 0.3) is 11.1 Å². The molecule has 0 unspecified atom stereocenters. The Morgan fingerprint density at radius 3 is 2.59 bits per heavy atom. The van der Waals surface area contributed by atoms with Crippen molar-refractivity contribution in [2.75, 3.05) is 17.7 Å². The number of thioether (sulfide) groups is 1. The fourth-order valence-corrected chi connectivity index (χ4v) is 4.46. The molecule has 0 saturated carbocycles. The lowest BCUT2D eigenvalue weighted by molar-refractivity contribution is -0.113. The smallest absolute Gasteiger partial charge is 0.341 e. The molecule has 2 amide bonds. The van der Waals surface area contributed by atoms with E-state index in [0.717, 1.165) is 39.8 Å². The summed E-state index contributed by atoms with van der Waals surface area (Å²) in [6, 6.07) is 5.82. The summed E-state index contributed by atoms with van der Waals surface area (Å²) in [6.45, 7) is 7.42. The van der Waals surface area contributed by atoms with Crippen molar-refractivity contribution < 1.29 is 23.5 Å². The zero-order valence-electron chi connectivity index (χ0n) is 18.0. The lowest BCUT2D eigenvalue weighted by atomic mass is 10.1. The summed E-state index contributed by atoms with van der Waals surface area (Å²) in [4.78, 5) is 36.6. The zero-order chi connectivity index (χ0) is 23.4. The van der Waals surface area contributed by atoms with Gasteiger partial charge >= 0.3 is 5.97 Å². The average molecular weight is 475 g/mol. The highest BCUT2D eigenvalue weighted by atomic mass is 32.2. The van der Waals surface area contributed by atoms with Gasteiger partial charge in [0.1, 0.15) is 5.00 Å². The van der Waals surface area contributed by atoms with Gasteiger partial charge in [0.05, 0.1) is 22.8 Å². The topological polar surface area (TPSA) is 137 Å². The van der Waals surface area contributed by atoms with Crippen LogP contribution in [-0.4, -0.2) is 40.3 Å². The first kappa shape index (κ1) is 23.5. The Morgan fingerprint density at radius 1 is 1.19 bits per heavy atom. The number of primary amides is 1. The maximum Gasteiger partial charge on any atom is 0.341 e. The molecule has 1 aromatic carbocycles. The number of hydrogen-bond acceptors (Lipinski definition) is 9. The van der Waals surface area contributed by atoms with Crippen LogP contribution in [0.2, 0.25) is 0 Å². The molecule has 0 aliphatic rings. The van der Waals surface area contributed by atoms with Crippen molar-refractivity contribution in [2.24, 2.45) is 5.73 Å². The first-order valence-electron chi connectivity index (χ1n) is 9.65. The lowest BCUT2D eigenvalue weighted by Gasteiger charge is -2.06. The zero-order valence-corrected chi connectivity index (χ0v) is 19.6. The number of benzene rings is 1. The molecule has 3 N–H and O–H groups in total. The van der Waals surface area contributed by atoms with Crippen molar-refractivity contribution in [3.63, 3.8) is 0 Å². The van der Waals surface area contributed by atoms with E-state index in [-0.39, 0.29) is 33.0 Å². The monoisotopic (exact) mass is 474 g/mol. The van der Waals surface area contributed by atoms with Gasteiger partial charge in [-0.05, 0) is 56.5 Å². The Morgan fingerprint density at radius 2 is 1.94 bits per heavy atom. The molecule has 32 heavy (non-hydrogen) atoms. The molecule has 0 aliphatic carbocycles. The predicted octanol–water partition coefficient (Wildman–Crippen LogP) is 3.73. The van der Waals surface area contributed by atoms with Crippen molar-refractivity contribution in [3.05, 3.63) is 45.3 Å². The fraction of sp³-hybridized carbons (Fsp3) is 0.286. The fourth-order valence-electron chi connectivity index (χ4n) is 2.83. The molecule has 3 aromatic rings. The minimum atomic E-state index is -0.683. The van der Waals surface area contributed by atoms with E-state index in [9.17, 15) is 14.4 Å². The van der Waals surface area contributed by atoms with Gasteiger partial charge in [0.15, 0.2) is 0 Å². The number of nitrogens with one attached hydrogen (secondary N) is 1. The van der Waals surface area contributed by atoms with Gasteiger partial charge in [-0.25, -0.2) is 4.79 Å². The van der Waals surface area contributed by atoms with Gasteiger partial charge in [0, 0.05) is 5.56 Å². The van der Waals surface area contributed by atoms with Gasteiger partial charge < -0.3 is 20.2 Å². The van der Waals surface area contributed by atoms with Crippen molar-refractivity contribution in [1.29, 1.82) is 0 Å². The van der Waals surface area contributed by atoms with Crippen molar-refractivity contribution in [2.45, 2.75) is 32.9 Å². The molecule has 2 aromatic heterocycles. The van der Waals surface area contributed by atoms with Gasteiger partial charge in [-0.2, -0.15) is 0 Å². The molecule has 168 valence electrons. The van der Waals surface area contributed by atoms with Gasteiger partial charge in [-0.15, -0.1) is 21.5 Å². The first-order chi connectivity index (χ1) is 15.2. The number of anilines is 1. The quantitative estimate of drug-likeness (QED) is 0.372. The minimum absolute atomic E-state index is 0.0420. The van der Waals surface area contributed by atoms with Crippen LogP contribution in [0.5, 0.6) is 0 Å². The summed E-state index contributed by atoms with van der Waals surface area (Å²) in [5.74, 6) is -1.41. The van der Waals surface area contributed by atoms with E-state index in [4.69, 9.17) is 14.9 Å². The summed E-state index contributed by atoms with van der Waals surface area (Å²) in [5, 5.41) is 11.1. The Bertz CT molecular complexity index is 1190. The van der Waals surface area contributed by atoms with Gasteiger partial charge in [0.2, 0.25) is 11.8 Å². The molecule has 9 nitrogen and oxygen atoms in total. The van der Waals surface area contributed by atoms with Gasteiger partial charge in [-0.1, -0.05) is 17.8 Å². The number of nitrogens with two attached hydrogens (primary N) is 1. The van der Waals surface area contributed by atoms with Crippen LogP contribution >= 0.6 is 23.1 Å². The van der Waals surface area contributed by atoms with E-state index in [1.807, 2.05) is 32.0 Å². The summed E-state index contributed by atoms with van der Waals surface area (Å²) in [6.07, 6.45) is 0. The molecule has 0 bridgehead atoms. The van der Waals surface area contributed by atoms with Crippen LogP contribution in [0.4, 0.5) is 5.00 Å². The minimum Gasteiger partial charge on any atom is -0.462 e. The standard InChI is InChI=1S/C21H22N4O5S2/c1-5-29-20(28)15-12(4)16(17(22)27)32-19(15)23-14(26)9-31-21-25-24-18(30-21)13-7-6-10(2)11(3)8-13/h6-8H,5,9H2,1-4H3,(H2,22,27)(H,23,26). The van der Waals surface area contributed by atoms with E-state index in [1.54, 1.807) is 13.8 Å². The summed E-state index contributed by atoms with van der Waals surface area (Å²) in [7, 11) is 0. The number of thiophene rings is 1. The highest BCUT2D eigenvalue weighted by Crippen LogP contribution is 2.34. The van der Waals surface area contributed by atoms with Gasteiger partial charge in [-0.3, -0.25) is 9.59 Å². The molecule has 3 rings (SSSR count). The molecule has 2 heterocycles. The third-order valence-electron chi connectivity index (χ3n) is 4.59. The van der Waals surface area contributed by atoms with E-state index in [1.165, 1.54) is 0 Å².